The normalized spacial score (nSPS) is 25.1. The lowest BCUT2D eigenvalue weighted by atomic mass is 9.82. The predicted octanol–water partition coefficient (Wildman–Crippen LogP) is 2.70. The van der Waals surface area contributed by atoms with Gasteiger partial charge in [0.25, 0.3) is 0 Å². The van der Waals surface area contributed by atoms with Gasteiger partial charge < -0.3 is 14.7 Å². The average molecular weight is 315 g/mol. The van der Waals surface area contributed by atoms with Crippen LogP contribution in [0.3, 0.4) is 0 Å². The van der Waals surface area contributed by atoms with Gasteiger partial charge in [0.2, 0.25) is 5.91 Å². The molecule has 2 aliphatic rings. The Hall–Kier alpha value is -1.81. The molecule has 1 fully saturated rings. The Kier molecular flexibility index (Phi) is 4.71. The molecule has 4 nitrogen and oxygen atoms in total. The van der Waals surface area contributed by atoms with E-state index in [-0.39, 0.29) is 24.1 Å². The van der Waals surface area contributed by atoms with E-state index in [0.29, 0.717) is 12.8 Å². The van der Waals surface area contributed by atoms with Crippen molar-refractivity contribution in [2.45, 2.75) is 50.1 Å². The highest BCUT2D eigenvalue weighted by molar-refractivity contribution is 5.80. The van der Waals surface area contributed by atoms with E-state index in [1.807, 2.05) is 29.2 Å². The van der Waals surface area contributed by atoms with E-state index in [1.54, 1.807) is 7.11 Å². The van der Waals surface area contributed by atoms with Gasteiger partial charge in [-0.25, -0.2) is 0 Å². The van der Waals surface area contributed by atoms with Crippen LogP contribution in [0.15, 0.2) is 36.4 Å². The van der Waals surface area contributed by atoms with E-state index in [9.17, 15) is 9.90 Å². The van der Waals surface area contributed by atoms with Crippen LogP contribution < -0.4 is 4.74 Å². The quantitative estimate of drug-likeness (QED) is 0.850. The first kappa shape index (κ1) is 16.1. The van der Waals surface area contributed by atoms with Crippen LogP contribution in [0.25, 0.3) is 0 Å². The molecule has 1 saturated heterocycles. The van der Waals surface area contributed by atoms with Gasteiger partial charge in [-0.15, -0.1) is 0 Å². The number of aliphatic hydroxyl groups is 1. The van der Waals surface area contributed by atoms with Crippen molar-refractivity contribution >= 4 is 5.91 Å². The molecule has 0 bridgehead atoms. The summed E-state index contributed by atoms with van der Waals surface area (Å²) in [5.41, 5.74) is 1.04. The summed E-state index contributed by atoms with van der Waals surface area (Å²) >= 11 is 0. The molecule has 1 aromatic rings. The first-order chi connectivity index (χ1) is 11.2. The maximum atomic E-state index is 12.5. The largest absolute Gasteiger partial charge is 0.497 e. The van der Waals surface area contributed by atoms with Crippen molar-refractivity contribution in [2.24, 2.45) is 0 Å². The minimum atomic E-state index is -0.148. The van der Waals surface area contributed by atoms with E-state index >= 15 is 0 Å². The summed E-state index contributed by atoms with van der Waals surface area (Å²) in [7, 11) is 1.65. The Morgan fingerprint density at radius 3 is 2.65 bits per heavy atom. The van der Waals surface area contributed by atoms with Gasteiger partial charge in [-0.05, 0) is 49.8 Å². The Labute approximate surface area is 137 Å². The molecule has 1 aliphatic carbocycles. The standard InChI is InChI=1S/C19H25NO3/c1-23-17-7-5-15(6-8-17)13-16(14-21)20-18(22)9-12-19(20)10-3-2-4-11-19/h2-3,5-8,16,21H,4,9-14H2,1H3/t16-,19+/m0/s1. The molecule has 1 spiro atoms. The number of aliphatic hydroxyl groups excluding tert-OH is 1. The molecule has 1 amide bonds. The molecule has 124 valence electrons. The number of allylic oxidation sites excluding steroid dienone is 1. The van der Waals surface area contributed by atoms with Crippen LogP contribution in [0.1, 0.15) is 37.7 Å². The molecule has 3 rings (SSSR count). The molecule has 23 heavy (non-hydrogen) atoms. The lowest BCUT2D eigenvalue weighted by Gasteiger charge is -2.44. The molecule has 0 unspecified atom stereocenters. The zero-order valence-corrected chi connectivity index (χ0v) is 13.7. The monoisotopic (exact) mass is 315 g/mol. The first-order valence-electron chi connectivity index (χ1n) is 8.39. The van der Waals surface area contributed by atoms with Crippen molar-refractivity contribution in [3.8, 4) is 5.75 Å². The van der Waals surface area contributed by atoms with Crippen LogP contribution in [0.5, 0.6) is 5.75 Å². The van der Waals surface area contributed by atoms with Crippen LogP contribution in [0.4, 0.5) is 0 Å². The summed E-state index contributed by atoms with van der Waals surface area (Å²) in [5.74, 6) is 1.01. The van der Waals surface area contributed by atoms with Gasteiger partial charge in [0, 0.05) is 12.0 Å². The molecule has 0 saturated carbocycles. The van der Waals surface area contributed by atoms with Crippen LogP contribution in [-0.2, 0) is 11.2 Å². The summed E-state index contributed by atoms with van der Waals surface area (Å²) in [5, 5.41) is 9.94. The fourth-order valence-electron chi connectivity index (χ4n) is 4.03. The Morgan fingerprint density at radius 2 is 2.04 bits per heavy atom. The molecular weight excluding hydrogens is 290 g/mol. The van der Waals surface area contributed by atoms with Crippen molar-refractivity contribution in [2.75, 3.05) is 13.7 Å². The molecule has 0 aromatic heterocycles. The zero-order chi connectivity index (χ0) is 16.3. The molecule has 1 aromatic carbocycles. The number of hydrogen-bond acceptors (Lipinski definition) is 3. The number of nitrogens with zero attached hydrogens (tertiary/aromatic N) is 1. The third kappa shape index (κ3) is 3.13. The second-order valence-corrected chi connectivity index (χ2v) is 6.59. The molecule has 1 heterocycles. The third-order valence-electron chi connectivity index (χ3n) is 5.23. The number of carbonyl (C=O) groups excluding carboxylic acids is 1. The third-order valence-corrected chi connectivity index (χ3v) is 5.23. The minimum Gasteiger partial charge on any atom is -0.497 e. The lowest BCUT2D eigenvalue weighted by Crippen LogP contribution is -2.53. The Bertz CT molecular complexity index is 577. The number of amides is 1. The summed E-state index contributed by atoms with van der Waals surface area (Å²) in [6, 6.07) is 7.72. The average Bonchev–Trinajstić information content (AvgIpc) is 2.90. The summed E-state index contributed by atoms with van der Waals surface area (Å²) in [6.45, 7) is 0.00321. The SMILES string of the molecule is COc1ccc(C[C@@H](CO)N2C(=O)CC[C@]23CC=CCC3)cc1. The number of hydrogen-bond donors (Lipinski definition) is 1. The molecule has 0 radical (unpaired) electrons. The minimum absolute atomic E-state index is 0.00321. The molecule has 2 atom stereocenters. The van der Waals surface area contributed by atoms with Crippen LogP contribution >= 0.6 is 0 Å². The van der Waals surface area contributed by atoms with Crippen LogP contribution in [0.2, 0.25) is 0 Å². The van der Waals surface area contributed by atoms with E-state index in [0.717, 1.165) is 37.0 Å². The highest BCUT2D eigenvalue weighted by Gasteiger charge is 2.47. The van der Waals surface area contributed by atoms with E-state index in [4.69, 9.17) is 4.74 Å². The lowest BCUT2D eigenvalue weighted by molar-refractivity contribution is -0.135. The van der Waals surface area contributed by atoms with Gasteiger partial charge in [-0.1, -0.05) is 24.3 Å². The second kappa shape index (κ2) is 6.75. The van der Waals surface area contributed by atoms with Crippen molar-refractivity contribution in [1.29, 1.82) is 0 Å². The highest BCUT2D eigenvalue weighted by atomic mass is 16.5. The Balaban J connectivity index is 1.80. The van der Waals surface area contributed by atoms with Crippen molar-refractivity contribution in [3.63, 3.8) is 0 Å². The second-order valence-electron chi connectivity index (χ2n) is 6.59. The van der Waals surface area contributed by atoms with Crippen LogP contribution in [-0.4, -0.2) is 41.2 Å². The number of benzene rings is 1. The molecule has 4 heteroatoms. The van der Waals surface area contributed by atoms with Gasteiger partial charge >= 0.3 is 0 Å². The summed E-state index contributed by atoms with van der Waals surface area (Å²) < 4.78 is 5.19. The maximum absolute atomic E-state index is 12.5. The van der Waals surface area contributed by atoms with Gasteiger partial charge in [0.15, 0.2) is 0 Å². The van der Waals surface area contributed by atoms with Crippen molar-refractivity contribution < 1.29 is 14.6 Å². The van der Waals surface area contributed by atoms with E-state index in [1.165, 1.54) is 0 Å². The number of likely N-dealkylation sites (tertiary alicyclic amines) is 1. The number of carbonyl (C=O) groups is 1. The smallest absolute Gasteiger partial charge is 0.223 e. The number of methoxy groups -OCH3 is 1. The van der Waals surface area contributed by atoms with Gasteiger partial charge in [0.1, 0.15) is 5.75 Å². The summed E-state index contributed by atoms with van der Waals surface area (Å²) in [4.78, 5) is 14.5. The fraction of sp³-hybridized carbons (Fsp3) is 0.526. The highest BCUT2D eigenvalue weighted by Crippen LogP contribution is 2.41. The van der Waals surface area contributed by atoms with Gasteiger partial charge in [-0.3, -0.25) is 4.79 Å². The van der Waals surface area contributed by atoms with Crippen molar-refractivity contribution in [3.05, 3.63) is 42.0 Å². The van der Waals surface area contributed by atoms with Crippen LogP contribution in [0, 0.1) is 0 Å². The topological polar surface area (TPSA) is 49.8 Å². The van der Waals surface area contributed by atoms with Gasteiger partial charge in [0.05, 0.1) is 19.8 Å². The fourth-order valence-corrected chi connectivity index (χ4v) is 4.03. The molecular formula is C19H25NO3. The molecule has 1 N–H and O–H groups in total. The van der Waals surface area contributed by atoms with Crippen molar-refractivity contribution in [1.82, 2.24) is 4.90 Å². The van der Waals surface area contributed by atoms with Gasteiger partial charge in [-0.2, -0.15) is 0 Å². The number of rotatable bonds is 5. The Morgan fingerprint density at radius 1 is 1.26 bits per heavy atom. The van der Waals surface area contributed by atoms with E-state index < -0.39 is 0 Å². The first-order valence-corrected chi connectivity index (χ1v) is 8.39. The van der Waals surface area contributed by atoms with E-state index in [2.05, 4.69) is 12.2 Å². The summed E-state index contributed by atoms with van der Waals surface area (Å²) in [6.07, 6.45) is 9.52. The molecule has 1 aliphatic heterocycles. The predicted molar refractivity (Wildman–Crippen MR) is 89.4 cm³/mol. The number of ether oxygens (including phenoxy) is 1. The zero-order valence-electron chi connectivity index (χ0n) is 13.7. The maximum Gasteiger partial charge on any atom is 0.223 e.